The first-order valence-electron chi connectivity index (χ1n) is 4.41. The third-order valence-electron chi connectivity index (χ3n) is 2.37. The summed E-state index contributed by atoms with van der Waals surface area (Å²) in [4.78, 5) is 4.05. The van der Waals surface area contributed by atoms with Crippen LogP contribution in [-0.4, -0.2) is 17.7 Å². The van der Waals surface area contributed by atoms with Crippen LogP contribution in [0.25, 0.3) is 0 Å². The van der Waals surface area contributed by atoms with Crippen molar-refractivity contribution in [2.75, 3.05) is 6.61 Å². The molecule has 1 fully saturated rings. The van der Waals surface area contributed by atoms with Crippen molar-refractivity contribution in [1.82, 2.24) is 4.98 Å². The lowest BCUT2D eigenvalue weighted by Crippen LogP contribution is -1.99. The van der Waals surface area contributed by atoms with Crippen molar-refractivity contribution in [1.29, 1.82) is 0 Å². The van der Waals surface area contributed by atoms with Crippen LogP contribution < -0.4 is 0 Å². The van der Waals surface area contributed by atoms with Crippen molar-refractivity contribution in [3.8, 4) is 0 Å². The van der Waals surface area contributed by atoms with Gasteiger partial charge in [0.25, 0.3) is 0 Å². The summed E-state index contributed by atoms with van der Waals surface area (Å²) in [6.45, 7) is 2.79. The summed E-state index contributed by atoms with van der Waals surface area (Å²) < 4.78 is 10.8. The molecule has 1 aromatic rings. The average molecular weight is 202 g/mol. The highest BCUT2D eigenvalue weighted by Gasteiger charge is 2.28. The third-order valence-corrected chi connectivity index (χ3v) is 2.62. The molecule has 1 saturated heterocycles. The van der Waals surface area contributed by atoms with Crippen LogP contribution in [0.3, 0.4) is 0 Å². The standard InChI is InChI=1S/C9H12ClNO2/c1-6-2-7(4-12-6)9-8(3-10)11-5-13-9/h5-7H,2-4H2,1H3. The van der Waals surface area contributed by atoms with Crippen molar-refractivity contribution in [2.45, 2.75) is 31.2 Å². The number of rotatable bonds is 2. The van der Waals surface area contributed by atoms with Gasteiger partial charge in [-0.05, 0) is 13.3 Å². The Kier molecular flexibility index (Phi) is 2.56. The number of halogens is 1. The Balaban J connectivity index is 2.16. The van der Waals surface area contributed by atoms with E-state index in [0.717, 1.165) is 24.5 Å². The summed E-state index contributed by atoms with van der Waals surface area (Å²) in [5.74, 6) is 1.65. The highest BCUT2D eigenvalue weighted by molar-refractivity contribution is 6.16. The third kappa shape index (κ3) is 1.71. The minimum Gasteiger partial charge on any atom is -0.448 e. The van der Waals surface area contributed by atoms with Crippen LogP contribution in [0.2, 0.25) is 0 Å². The van der Waals surface area contributed by atoms with E-state index in [0.29, 0.717) is 17.9 Å². The number of aromatic nitrogens is 1. The molecular formula is C9H12ClNO2. The molecule has 0 aliphatic carbocycles. The zero-order valence-corrected chi connectivity index (χ0v) is 8.25. The lowest BCUT2D eigenvalue weighted by atomic mass is 10.0. The molecule has 72 valence electrons. The molecule has 13 heavy (non-hydrogen) atoms. The summed E-state index contributed by atoms with van der Waals surface area (Å²) in [5, 5.41) is 0. The Bertz CT molecular complexity index is 287. The quantitative estimate of drug-likeness (QED) is 0.689. The van der Waals surface area contributed by atoms with E-state index in [9.17, 15) is 0 Å². The normalized spacial score (nSPS) is 28.2. The second kappa shape index (κ2) is 3.68. The fourth-order valence-corrected chi connectivity index (χ4v) is 1.91. The molecule has 0 bridgehead atoms. The van der Waals surface area contributed by atoms with E-state index in [1.54, 1.807) is 0 Å². The predicted molar refractivity (Wildman–Crippen MR) is 48.8 cm³/mol. The maximum atomic E-state index is 5.72. The number of nitrogens with zero attached hydrogens (tertiary/aromatic N) is 1. The summed E-state index contributed by atoms with van der Waals surface area (Å²) in [6, 6.07) is 0. The topological polar surface area (TPSA) is 35.3 Å². The van der Waals surface area contributed by atoms with E-state index < -0.39 is 0 Å². The van der Waals surface area contributed by atoms with Gasteiger partial charge in [0.15, 0.2) is 6.39 Å². The maximum Gasteiger partial charge on any atom is 0.181 e. The smallest absolute Gasteiger partial charge is 0.181 e. The second-order valence-electron chi connectivity index (χ2n) is 3.37. The Morgan fingerprint density at radius 1 is 1.69 bits per heavy atom. The van der Waals surface area contributed by atoms with Gasteiger partial charge in [0.2, 0.25) is 0 Å². The van der Waals surface area contributed by atoms with Crippen molar-refractivity contribution < 1.29 is 9.15 Å². The van der Waals surface area contributed by atoms with E-state index in [1.165, 1.54) is 6.39 Å². The first kappa shape index (κ1) is 9.03. The first-order valence-corrected chi connectivity index (χ1v) is 4.94. The van der Waals surface area contributed by atoms with Crippen LogP contribution in [-0.2, 0) is 10.6 Å². The van der Waals surface area contributed by atoms with Crippen molar-refractivity contribution in [3.63, 3.8) is 0 Å². The van der Waals surface area contributed by atoms with Crippen molar-refractivity contribution in [3.05, 3.63) is 17.8 Å². The van der Waals surface area contributed by atoms with Crippen LogP contribution in [0.5, 0.6) is 0 Å². The lowest BCUT2D eigenvalue weighted by Gasteiger charge is -2.03. The zero-order valence-electron chi connectivity index (χ0n) is 7.50. The molecule has 1 aromatic heterocycles. The van der Waals surface area contributed by atoms with Gasteiger partial charge in [-0.25, -0.2) is 4.98 Å². The van der Waals surface area contributed by atoms with Crippen LogP contribution in [0.15, 0.2) is 10.8 Å². The van der Waals surface area contributed by atoms with E-state index in [2.05, 4.69) is 11.9 Å². The lowest BCUT2D eigenvalue weighted by molar-refractivity contribution is 0.122. The summed E-state index contributed by atoms with van der Waals surface area (Å²) >= 11 is 5.72. The van der Waals surface area contributed by atoms with Gasteiger partial charge in [-0.2, -0.15) is 0 Å². The molecule has 3 nitrogen and oxygen atoms in total. The Hall–Kier alpha value is -0.540. The minimum atomic E-state index is 0.318. The summed E-state index contributed by atoms with van der Waals surface area (Å²) in [5.41, 5.74) is 0.851. The van der Waals surface area contributed by atoms with E-state index in [4.69, 9.17) is 20.8 Å². The van der Waals surface area contributed by atoms with Crippen molar-refractivity contribution >= 4 is 11.6 Å². The van der Waals surface area contributed by atoms with Gasteiger partial charge in [0.05, 0.1) is 24.3 Å². The highest BCUT2D eigenvalue weighted by Crippen LogP contribution is 2.31. The van der Waals surface area contributed by atoms with Gasteiger partial charge in [-0.1, -0.05) is 0 Å². The molecule has 2 rings (SSSR count). The number of alkyl halides is 1. The molecule has 2 heterocycles. The molecule has 0 aromatic carbocycles. The van der Waals surface area contributed by atoms with Gasteiger partial charge >= 0.3 is 0 Å². The van der Waals surface area contributed by atoms with Gasteiger partial charge in [0.1, 0.15) is 5.76 Å². The molecule has 2 atom stereocenters. The average Bonchev–Trinajstić information content (AvgIpc) is 2.71. The molecule has 0 N–H and O–H groups in total. The molecular weight excluding hydrogens is 190 g/mol. The molecule has 4 heteroatoms. The van der Waals surface area contributed by atoms with Crippen LogP contribution in [0, 0.1) is 0 Å². The van der Waals surface area contributed by atoms with Gasteiger partial charge in [-0.15, -0.1) is 11.6 Å². The number of oxazole rings is 1. The van der Waals surface area contributed by atoms with Crippen LogP contribution >= 0.6 is 11.6 Å². The molecule has 2 unspecified atom stereocenters. The molecule has 1 aliphatic rings. The largest absolute Gasteiger partial charge is 0.448 e. The minimum absolute atomic E-state index is 0.318. The van der Waals surface area contributed by atoms with Gasteiger partial charge < -0.3 is 9.15 Å². The highest BCUT2D eigenvalue weighted by atomic mass is 35.5. The van der Waals surface area contributed by atoms with E-state index in [1.807, 2.05) is 0 Å². The molecule has 0 saturated carbocycles. The monoisotopic (exact) mass is 201 g/mol. The number of ether oxygens (including phenoxy) is 1. The fraction of sp³-hybridized carbons (Fsp3) is 0.667. The number of hydrogen-bond acceptors (Lipinski definition) is 3. The Morgan fingerprint density at radius 3 is 3.15 bits per heavy atom. The zero-order chi connectivity index (χ0) is 9.26. The Morgan fingerprint density at radius 2 is 2.54 bits per heavy atom. The molecule has 0 amide bonds. The summed E-state index contributed by atoms with van der Waals surface area (Å²) in [6.07, 6.45) is 2.77. The SMILES string of the molecule is CC1CC(c2ocnc2CCl)CO1. The van der Waals surface area contributed by atoms with Gasteiger partial charge in [-0.3, -0.25) is 0 Å². The maximum absolute atomic E-state index is 5.72. The van der Waals surface area contributed by atoms with Crippen molar-refractivity contribution in [2.24, 2.45) is 0 Å². The van der Waals surface area contributed by atoms with Gasteiger partial charge in [0, 0.05) is 5.92 Å². The van der Waals surface area contributed by atoms with E-state index in [-0.39, 0.29) is 0 Å². The van der Waals surface area contributed by atoms with E-state index >= 15 is 0 Å². The second-order valence-corrected chi connectivity index (χ2v) is 3.64. The fourth-order valence-electron chi connectivity index (χ4n) is 1.71. The Labute approximate surface area is 82.0 Å². The number of hydrogen-bond donors (Lipinski definition) is 0. The predicted octanol–water partition coefficient (Wildman–Crippen LogP) is 2.31. The molecule has 1 aliphatic heterocycles. The first-order chi connectivity index (χ1) is 6.31. The summed E-state index contributed by atoms with van der Waals surface area (Å²) in [7, 11) is 0. The molecule has 0 spiro atoms. The molecule has 0 radical (unpaired) electrons. The van der Waals surface area contributed by atoms with Crippen LogP contribution in [0.1, 0.15) is 30.7 Å². The van der Waals surface area contributed by atoms with Crippen LogP contribution in [0.4, 0.5) is 0 Å².